The van der Waals surface area contributed by atoms with Crippen LogP contribution in [0.1, 0.15) is 19.1 Å². The lowest BCUT2D eigenvalue weighted by atomic mass is 9.92. The Hall–Kier alpha value is -2.06. The Balaban J connectivity index is 1.24. The van der Waals surface area contributed by atoms with Crippen LogP contribution in [-0.4, -0.2) is 76.0 Å². The van der Waals surface area contributed by atoms with Gasteiger partial charge in [0.15, 0.2) is 27.5 Å². The predicted molar refractivity (Wildman–Crippen MR) is 129 cm³/mol. The zero-order chi connectivity index (χ0) is 23.4. The molecule has 178 valence electrons. The van der Waals surface area contributed by atoms with Gasteiger partial charge in [-0.1, -0.05) is 23.9 Å². The van der Waals surface area contributed by atoms with E-state index in [9.17, 15) is 15.3 Å². The highest BCUT2D eigenvalue weighted by Gasteiger charge is 2.44. The Morgan fingerprint density at radius 2 is 2.03 bits per heavy atom. The lowest BCUT2D eigenvalue weighted by molar-refractivity contribution is -0.0511. The second kappa shape index (κ2) is 8.86. The standard InChI is InChI=1S/C21H21ClN6O4S2/c22-20-26-17(14-18(27-20)28(8-23-14)19-16(31)15(30)11(7-29)32-19)24-10-5-6-13(10)34-21-25-9-3-1-2-4-12(9)33-21/h1-4,8,10-11,13,15-16,19,29-31H,5-7H2,(H,24,26,27)/t10-,11+,13-,15+,16+,19+/m0/s1. The largest absolute Gasteiger partial charge is 0.394 e. The number of hydrogen-bond acceptors (Lipinski definition) is 11. The molecule has 13 heteroatoms. The van der Waals surface area contributed by atoms with Crippen LogP contribution in [0, 0.1) is 0 Å². The zero-order valence-corrected chi connectivity index (χ0v) is 20.0. The minimum Gasteiger partial charge on any atom is -0.394 e. The molecule has 34 heavy (non-hydrogen) atoms. The number of aliphatic hydroxyl groups is 3. The van der Waals surface area contributed by atoms with E-state index < -0.39 is 31.1 Å². The van der Waals surface area contributed by atoms with Crippen molar-refractivity contribution < 1.29 is 20.1 Å². The molecule has 0 amide bonds. The summed E-state index contributed by atoms with van der Waals surface area (Å²) in [6.45, 7) is -0.417. The van der Waals surface area contributed by atoms with Crippen molar-refractivity contribution in [3.05, 3.63) is 35.9 Å². The molecular weight excluding hydrogens is 500 g/mol. The number of nitrogens with zero attached hydrogens (tertiary/aromatic N) is 5. The molecule has 4 aromatic rings. The fourth-order valence-electron chi connectivity index (χ4n) is 4.27. The van der Waals surface area contributed by atoms with Crippen molar-refractivity contribution in [3.63, 3.8) is 0 Å². The third-order valence-corrected chi connectivity index (χ3v) is 8.94. The second-order valence-electron chi connectivity index (χ2n) is 8.33. The van der Waals surface area contributed by atoms with E-state index in [1.807, 2.05) is 18.2 Å². The summed E-state index contributed by atoms with van der Waals surface area (Å²) < 4.78 is 9.35. The third kappa shape index (κ3) is 3.83. The van der Waals surface area contributed by atoms with Gasteiger partial charge < -0.3 is 25.4 Å². The van der Waals surface area contributed by atoms with Gasteiger partial charge in [-0.05, 0) is 36.6 Å². The third-order valence-electron chi connectivity index (χ3n) is 6.24. The summed E-state index contributed by atoms with van der Waals surface area (Å²) in [4.78, 5) is 17.8. The molecule has 1 aliphatic heterocycles. The van der Waals surface area contributed by atoms with Gasteiger partial charge in [0.05, 0.1) is 23.2 Å². The highest BCUT2D eigenvalue weighted by Crippen LogP contribution is 2.41. The van der Waals surface area contributed by atoms with Crippen LogP contribution in [-0.2, 0) is 4.74 Å². The number of thioether (sulfide) groups is 1. The van der Waals surface area contributed by atoms with Crippen molar-refractivity contribution in [3.8, 4) is 0 Å². The Morgan fingerprint density at radius 1 is 1.18 bits per heavy atom. The molecule has 1 saturated carbocycles. The number of anilines is 1. The Morgan fingerprint density at radius 3 is 2.76 bits per heavy atom. The first kappa shape index (κ1) is 22.4. The molecule has 2 fully saturated rings. The van der Waals surface area contributed by atoms with Gasteiger partial charge in [0, 0.05) is 11.3 Å². The molecule has 10 nitrogen and oxygen atoms in total. The van der Waals surface area contributed by atoms with Crippen molar-refractivity contribution >= 4 is 61.9 Å². The number of imidazole rings is 1. The van der Waals surface area contributed by atoms with Crippen molar-refractivity contribution in [2.75, 3.05) is 11.9 Å². The summed E-state index contributed by atoms with van der Waals surface area (Å²) in [6.07, 6.45) is -0.837. The Kier molecular flexibility index (Phi) is 5.84. The van der Waals surface area contributed by atoms with E-state index in [4.69, 9.17) is 21.3 Å². The van der Waals surface area contributed by atoms with Crippen LogP contribution >= 0.6 is 34.7 Å². The highest BCUT2D eigenvalue weighted by molar-refractivity contribution is 8.01. The normalized spacial score (nSPS) is 29.1. The van der Waals surface area contributed by atoms with Crippen molar-refractivity contribution in [2.45, 2.75) is 53.0 Å². The van der Waals surface area contributed by atoms with Gasteiger partial charge in [-0.3, -0.25) is 4.57 Å². The zero-order valence-electron chi connectivity index (χ0n) is 17.7. The quantitative estimate of drug-likeness (QED) is 0.280. The van der Waals surface area contributed by atoms with Gasteiger partial charge in [0.25, 0.3) is 0 Å². The number of halogens is 1. The van der Waals surface area contributed by atoms with E-state index in [2.05, 4.69) is 26.3 Å². The van der Waals surface area contributed by atoms with Crippen LogP contribution in [0.15, 0.2) is 34.9 Å². The van der Waals surface area contributed by atoms with Crippen LogP contribution in [0.2, 0.25) is 5.28 Å². The van der Waals surface area contributed by atoms with E-state index in [1.165, 1.54) is 15.6 Å². The number of aliphatic hydroxyl groups excluding tert-OH is 3. The van der Waals surface area contributed by atoms with E-state index in [0.717, 1.165) is 22.7 Å². The number of thiazole rings is 1. The first-order valence-electron chi connectivity index (χ1n) is 10.8. The molecule has 0 radical (unpaired) electrons. The van der Waals surface area contributed by atoms with Crippen LogP contribution < -0.4 is 5.32 Å². The summed E-state index contributed by atoms with van der Waals surface area (Å²) in [7, 11) is 0. The first-order chi connectivity index (χ1) is 16.5. The van der Waals surface area contributed by atoms with Gasteiger partial charge in [-0.15, -0.1) is 11.3 Å². The van der Waals surface area contributed by atoms with Gasteiger partial charge >= 0.3 is 0 Å². The predicted octanol–water partition coefficient (Wildman–Crippen LogP) is 2.44. The van der Waals surface area contributed by atoms with Crippen molar-refractivity contribution in [2.24, 2.45) is 0 Å². The highest BCUT2D eigenvalue weighted by atomic mass is 35.5. The maximum absolute atomic E-state index is 10.4. The average Bonchev–Trinajstić information content (AvgIpc) is 3.50. The van der Waals surface area contributed by atoms with E-state index in [-0.39, 0.29) is 11.3 Å². The lowest BCUT2D eigenvalue weighted by Gasteiger charge is -2.36. The summed E-state index contributed by atoms with van der Waals surface area (Å²) in [5, 5.41) is 33.7. The number of benzene rings is 1. The number of fused-ring (bicyclic) bond motifs is 2. The molecule has 1 aliphatic carbocycles. The van der Waals surface area contributed by atoms with Crippen molar-refractivity contribution in [1.82, 2.24) is 24.5 Å². The number of hydrogen-bond donors (Lipinski definition) is 4. The minimum absolute atomic E-state index is 0.0261. The lowest BCUT2D eigenvalue weighted by Crippen LogP contribution is -2.41. The molecule has 4 N–H and O–H groups in total. The van der Waals surface area contributed by atoms with E-state index in [1.54, 1.807) is 23.1 Å². The molecule has 1 aromatic carbocycles. The molecule has 2 aliphatic rings. The molecule has 0 spiro atoms. The van der Waals surface area contributed by atoms with Crippen LogP contribution in [0.5, 0.6) is 0 Å². The second-order valence-corrected chi connectivity index (χ2v) is 11.2. The first-order valence-corrected chi connectivity index (χ1v) is 12.9. The number of para-hydroxylation sites is 1. The molecule has 3 aromatic heterocycles. The molecule has 0 unspecified atom stereocenters. The van der Waals surface area contributed by atoms with Crippen LogP contribution in [0.4, 0.5) is 5.82 Å². The monoisotopic (exact) mass is 520 g/mol. The number of aromatic nitrogens is 5. The fourth-order valence-corrected chi connectivity index (χ4v) is 7.00. The number of rotatable bonds is 6. The van der Waals surface area contributed by atoms with Gasteiger partial charge in [0.2, 0.25) is 5.28 Å². The van der Waals surface area contributed by atoms with E-state index in [0.29, 0.717) is 22.2 Å². The summed E-state index contributed by atoms with van der Waals surface area (Å²) in [6, 6.07) is 8.27. The van der Waals surface area contributed by atoms with Gasteiger partial charge in [0.1, 0.15) is 18.3 Å². The smallest absolute Gasteiger partial charge is 0.226 e. The number of ether oxygens (including phenoxy) is 1. The molecular formula is C21H21ClN6O4S2. The van der Waals surface area contributed by atoms with Gasteiger partial charge in [-0.2, -0.15) is 9.97 Å². The Labute approximate surface area is 207 Å². The molecule has 4 heterocycles. The average molecular weight is 521 g/mol. The van der Waals surface area contributed by atoms with Crippen LogP contribution in [0.25, 0.3) is 21.4 Å². The summed E-state index contributed by atoms with van der Waals surface area (Å²) in [5.41, 5.74) is 1.86. The minimum atomic E-state index is -1.25. The molecule has 6 rings (SSSR count). The van der Waals surface area contributed by atoms with E-state index >= 15 is 0 Å². The number of nitrogens with one attached hydrogen (secondary N) is 1. The molecule has 6 atom stereocenters. The topological polar surface area (TPSA) is 138 Å². The SMILES string of the molecule is OC[C@H]1O[C@@H](n2cnc3c(N[C@H]4CC[C@@H]4Sc4nc5ccccc5s4)nc(Cl)nc32)[C@H](O)[C@@H]1O. The van der Waals surface area contributed by atoms with Crippen molar-refractivity contribution in [1.29, 1.82) is 0 Å². The maximum Gasteiger partial charge on any atom is 0.226 e. The summed E-state index contributed by atoms with van der Waals surface area (Å²) >= 11 is 9.68. The Bertz CT molecular complexity index is 1320. The van der Waals surface area contributed by atoms with Crippen LogP contribution in [0.3, 0.4) is 0 Å². The molecule has 1 saturated heterocycles. The fraction of sp³-hybridized carbons (Fsp3) is 0.429. The summed E-state index contributed by atoms with van der Waals surface area (Å²) in [5.74, 6) is 0.500. The maximum atomic E-state index is 10.4. The van der Waals surface area contributed by atoms with Gasteiger partial charge in [-0.25, -0.2) is 9.97 Å². The molecule has 0 bridgehead atoms.